The number of aryl methyl sites for hydroxylation is 1. The Bertz CT molecular complexity index is 863. The van der Waals surface area contributed by atoms with Gasteiger partial charge in [-0.25, -0.2) is 9.78 Å². The smallest absolute Gasteiger partial charge is 0.389 e. The number of nitro benzene ring substituents is 1. The first-order chi connectivity index (χ1) is 10.7. The van der Waals surface area contributed by atoms with E-state index in [1.165, 1.54) is 20.0 Å². The number of nitrogens with zero attached hydrogens (tertiary/aromatic N) is 3. The second kappa shape index (κ2) is 5.71. The normalized spacial score (nSPS) is 11.5. The molecular weight excluding hydrogens is 316 g/mol. The molecule has 1 heterocycles. The molecule has 0 aliphatic carbocycles. The monoisotopic (exact) mass is 327 g/mol. The van der Waals surface area contributed by atoms with Gasteiger partial charge in [0.05, 0.1) is 22.6 Å². The fraction of sp³-hybridized carbons (Fsp3) is 0.308. The van der Waals surface area contributed by atoms with E-state index in [4.69, 9.17) is 0 Å². The summed E-state index contributed by atoms with van der Waals surface area (Å²) in [4.78, 5) is 36.9. The maximum atomic E-state index is 14.1. The van der Waals surface area contributed by atoms with Crippen molar-refractivity contribution in [3.8, 4) is 0 Å². The minimum atomic E-state index is -4.26. The summed E-state index contributed by atoms with van der Waals surface area (Å²) in [7, 11) is 1.20. The third kappa shape index (κ3) is 2.74. The van der Waals surface area contributed by atoms with Gasteiger partial charge >= 0.3 is 11.9 Å². The molecule has 10 heteroatoms. The molecule has 0 radical (unpaired) electrons. The highest BCUT2D eigenvalue weighted by Gasteiger charge is 2.47. The van der Waals surface area contributed by atoms with Gasteiger partial charge in [-0.15, -0.1) is 0 Å². The fourth-order valence-corrected chi connectivity index (χ4v) is 1.96. The number of non-ortho nitro benzene ring substituents is 1. The molecule has 2 rings (SSSR count). The van der Waals surface area contributed by atoms with Crippen LogP contribution in [-0.2, 0) is 22.5 Å². The third-order valence-corrected chi connectivity index (χ3v) is 3.10. The van der Waals surface area contributed by atoms with E-state index in [1.54, 1.807) is 0 Å². The number of fused-ring (bicyclic) bond motifs is 1. The highest BCUT2D eigenvalue weighted by atomic mass is 19.3. The summed E-state index contributed by atoms with van der Waals surface area (Å²) >= 11 is 0. The van der Waals surface area contributed by atoms with Crippen LogP contribution >= 0.6 is 0 Å². The lowest BCUT2D eigenvalue weighted by Gasteiger charge is -2.15. The first-order valence-corrected chi connectivity index (χ1v) is 6.40. The Labute approximate surface area is 127 Å². The van der Waals surface area contributed by atoms with Gasteiger partial charge in [0.15, 0.2) is 5.69 Å². The number of nitro groups is 1. The lowest BCUT2D eigenvalue weighted by molar-refractivity contribution is -0.384. The average molecular weight is 327 g/mol. The summed E-state index contributed by atoms with van der Waals surface area (Å²) in [6, 6.07) is 3.28. The van der Waals surface area contributed by atoms with E-state index < -0.39 is 28.1 Å². The van der Waals surface area contributed by atoms with Crippen LogP contribution in [0.2, 0.25) is 0 Å². The van der Waals surface area contributed by atoms with Crippen molar-refractivity contribution in [2.24, 2.45) is 7.05 Å². The minimum absolute atomic E-state index is 0.115. The van der Waals surface area contributed by atoms with Gasteiger partial charge in [0.25, 0.3) is 11.2 Å². The molecule has 0 aliphatic heterocycles. The maximum absolute atomic E-state index is 14.1. The number of halogens is 2. The van der Waals surface area contributed by atoms with Crippen LogP contribution in [0.4, 0.5) is 14.5 Å². The molecule has 0 unspecified atom stereocenters. The molecule has 122 valence electrons. The van der Waals surface area contributed by atoms with E-state index >= 15 is 0 Å². The van der Waals surface area contributed by atoms with Crippen molar-refractivity contribution >= 4 is 22.7 Å². The molecule has 0 amide bonds. The number of esters is 1. The molecule has 23 heavy (non-hydrogen) atoms. The number of carbonyl (C=O) groups excluding carboxylic acids is 1. The van der Waals surface area contributed by atoms with Gasteiger partial charge in [-0.05, 0) is 13.0 Å². The maximum Gasteiger partial charge on any atom is 0.389 e. The Kier molecular flexibility index (Phi) is 4.08. The van der Waals surface area contributed by atoms with Gasteiger partial charge in [-0.2, -0.15) is 8.78 Å². The molecule has 1 aromatic heterocycles. The summed E-state index contributed by atoms with van der Waals surface area (Å²) in [5.41, 5.74) is -3.01. The largest absolute Gasteiger partial charge is 0.461 e. The zero-order chi connectivity index (χ0) is 17.4. The van der Waals surface area contributed by atoms with Gasteiger partial charge in [0.2, 0.25) is 0 Å². The predicted octanol–water partition coefficient (Wildman–Crippen LogP) is 1.50. The molecule has 0 saturated heterocycles. The lowest BCUT2D eigenvalue weighted by atomic mass is 10.2. The summed E-state index contributed by atoms with van der Waals surface area (Å²) in [5.74, 6) is -6.17. The predicted molar refractivity (Wildman–Crippen MR) is 74.2 cm³/mol. The Hall–Kier alpha value is -2.91. The molecule has 0 fully saturated rings. The zero-order valence-corrected chi connectivity index (χ0v) is 12.1. The van der Waals surface area contributed by atoms with E-state index in [2.05, 4.69) is 9.72 Å². The summed E-state index contributed by atoms with van der Waals surface area (Å²) in [6.45, 7) is 1.04. The Morgan fingerprint density at radius 1 is 1.48 bits per heavy atom. The quantitative estimate of drug-likeness (QED) is 0.479. The second-order valence-corrected chi connectivity index (χ2v) is 4.55. The SMILES string of the molecule is CCOC(=O)C(F)(F)c1nc2cc([N+](=O)[O-])ccc2n(C)c1=O. The molecule has 0 aliphatic rings. The number of rotatable bonds is 4. The van der Waals surface area contributed by atoms with Crippen LogP contribution < -0.4 is 5.56 Å². The van der Waals surface area contributed by atoms with Crippen molar-refractivity contribution in [1.82, 2.24) is 9.55 Å². The number of benzene rings is 1. The third-order valence-electron chi connectivity index (χ3n) is 3.10. The highest BCUT2D eigenvalue weighted by molar-refractivity contribution is 5.81. The molecule has 0 atom stereocenters. The second-order valence-electron chi connectivity index (χ2n) is 4.55. The summed E-state index contributed by atoms with van der Waals surface area (Å²) < 4.78 is 33.2. The van der Waals surface area contributed by atoms with Crippen LogP contribution in [-0.4, -0.2) is 27.1 Å². The van der Waals surface area contributed by atoms with E-state index in [-0.39, 0.29) is 23.3 Å². The van der Waals surface area contributed by atoms with Crippen LogP contribution in [0.5, 0.6) is 0 Å². The Morgan fingerprint density at radius 3 is 2.70 bits per heavy atom. The molecule has 1 aromatic carbocycles. The van der Waals surface area contributed by atoms with E-state index in [0.717, 1.165) is 16.7 Å². The molecular formula is C13H11F2N3O5. The summed E-state index contributed by atoms with van der Waals surface area (Å²) in [6.07, 6.45) is 0. The lowest BCUT2D eigenvalue weighted by Crippen LogP contribution is -2.37. The number of aromatic nitrogens is 2. The first kappa shape index (κ1) is 16.5. The number of alkyl halides is 2. The molecule has 0 saturated carbocycles. The molecule has 8 nitrogen and oxygen atoms in total. The van der Waals surface area contributed by atoms with Gasteiger partial charge in [-0.3, -0.25) is 14.9 Å². The minimum Gasteiger partial charge on any atom is -0.461 e. The molecule has 0 spiro atoms. The molecule has 0 bridgehead atoms. The van der Waals surface area contributed by atoms with Gasteiger partial charge < -0.3 is 9.30 Å². The van der Waals surface area contributed by atoms with Crippen molar-refractivity contribution in [2.75, 3.05) is 6.61 Å². The van der Waals surface area contributed by atoms with Crippen molar-refractivity contribution in [3.63, 3.8) is 0 Å². The van der Waals surface area contributed by atoms with Gasteiger partial charge in [0.1, 0.15) is 0 Å². The van der Waals surface area contributed by atoms with Gasteiger partial charge in [-0.1, -0.05) is 0 Å². The topological polar surface area (TPSA) is 104 Å². The van der Waals surface area contributed by atoms with Crippen molar-refractivity contribution in [3.05, 3.63) is 44.4 Å². The fourth-order valence-electron chi connectivity index (χ4n) is 1.96. The average Bonchev–Trinajstić information content (AvgIpc) is 2.50. The van der Waals surface area contributed by atoms with Crippen molar-refractivity contribution in [2.45, 2.75) is 12.8 Å². The van der Waals surface area contributed by atoms with Crippen LogP contribution in [0.1, 0.15) is 12.6 Å². The van der Waals surface area contributed by atoms with Crippen LogP contribution in [0, 0.1) is 10.1 Å². The van der Waals surface area contributed by atoms with Crippen molar-refractivity contribution in [1.29, 1.82) is 0 Å². The molecule has 2 aromatic rings. The standard InChI is InChI=1S/C13H11F2N3O5/c1-3-23-12(20)13(14,15)10-11(19)17(2)9-5-4-7(18(21)22)6-8(9)16-10/h4-6H,3H2,1-2H3. The van der Waals surface area contributed by atoms with E-state index in [9.17, 15) is 28.5 Å². The van der Waals surface area contributed by atoms with E-state index in [1.807, 2.05) is 0 Å². The number of hydrogen-bond acceptors (Lipinski definition) is 6. The Balaban J connectivity index is 2.74. The van der Waals surface area contributed by atoms with Gasteiger partial charge in [0, 0.05) is 19.2 Å². The Morgan fingerprint density at radius 2 is 2.13 bits per heavy atom. The number of hydrogen-bond donors (Lipinski definition) is 0. The van der Waals surface area contributed by atoms with Crippen LogP contribution in [0.15, 0.2) is 23.0 Å². The van der Waals surface area contributed by atoms with Crippen LogP contribution in [0.25, 0.3) is 11.0 Å². The number of carbonyl (C=O) groups is 1. The highest BCUT2D eigenvalue weighted by Crippen LogP contribution is 2.27. The van der Waals surface area contributed by atoms with Crippen LogP contribution in [0.3, 0.4) is 0 Å². The van der Waals surface area contributed by atoms with E-state index in [0.29, 0.717) is 0 Å². The van der Waals surface area contributed by atoms with Crippen molar-refractivity contribution < 1.29 is 23.2 Å². The molecule has 0 N–H and O–H groups in total. The summed E-state index contributed by atoms with van der Waals surface area (Å²) in [5, 5.41) is 10.8. The number of ether oxygens (including phenoxy) is 1. The first-order valence-electron chi connectivity index (χ1n) is 6.40. The zero-order valence-electron chi connectivity index (χ0n) is 12.1.